The molecule has 3 atom stereocenters. The molecule has 1 N–H and O–H groups in total. The number of fused-ring (bicyclic) bond motifs is 1. The zero-order valence-electron chi connectivity index (χ0n) is 14.0. The first-order valence-electron chi connectivity index (χ1n) is 8.41. The molecule has 2 aliphatic rings. The SMILES string of the molecule is CS[C@@H]1CC[C@@H](N(C)C(=O)NC[C@@H]2COc3ccccc3C2)C1. The van der Waals surface area contributed by atoms with Gasteiger partial charge >= 0.3 is 6.03 Å². The van der Waals surface area contributed by atoms with Crippen molar-refractivity contribution in [3.8, 4) is 5.75 Å². The predicted molar refractivity (Wildman–Crippen MR) is 95.2 cm³/mol. The molecular weight excluding hydrogens is 308 g/mol. The van der Waals surface area contributed by atoms with Crippen molar-refractivity contribution < 1.29 is 9.53 Å². The van der Waals surface area contributed by atoms with Crippen molar-refractivity contribution in [2.45, 2.75) is 37.0 Å². The van der Waals surface area contributed by atoms with Crippen LogP contribution >= 0.6 is 11.8 Å². The molecule has 3 rings (SSSR count). The number of carbonyl (C=O) groups is 1. The predicted octanol–water partition coefficient (Wildman–Crippen LogP) is 3.16. The largest absolute Gasteiger partial charge is 0.493 e. The standard InChI is InChI=1S/C18H26N2O2S/c1-20(15-7-8-16(10-15)23-2)18(21)19-11-13-9-14-5-3-4-6-17(14)22-12-13/h3-6,13,15-16H,7-12H2,1-2H3,(H,19,21)/t13-,15-,16-/m1/s1. The van der Waals surface area contributed by atoms with Crippen LogP contribution in [-0.4, -0.2) is 48.7 Å². The zero-order chi connectivity index (χ0) is 16.2. The van der Waals surface area contributed by atoms with Crippen LogP contribution in [0.2, 0.25) is 0 Å². The van der Waals surface area contributed by atoms with E-state index in [0.29, 0.717) is 30.4 Å². The molecule has 0 unspecified atom stereocenters. The Balaban J connectivity index is 1.46. The minimum atomic E-state index is 0.0515. The Kier molecular flexibility index (Phi) is 5.36. The fourth-order valence-corrected chi connectivity index (χ4v) is 4.31. The molecule has 4 nitrogen and oxygen atoms in total. The molecule has 0 bridgehead atoms. The summed E-state index contributed by atoms with van der Waals surface area (Å²) in [5.41, 5.74) is 1.24. The lowest BCUT2D eigenvalue weighted by Gasteiger charge is -2.28. The average Bonchev–Trinajstić information content (AvgIpc) is 3.08. The van der Waals surface area contributed by atoms with Gasteiger partial charge in [0.05, 0.1) is 6.61 Å². The van der Waals surface area contributed by atoms with Gasteiger partial charge in [0.15, 0.2) is 0 Å². The summed E-state index contributed by atoms with van der Waals surface area (Å²) in [5, 5.41) is 3.80. The Bertz CT molecular complexity index is 552. The van der Waals surface area contributed by atoms with Gasteiger partial charge in [0.1, 0.15) is 5.75 Å². The minimum Gasteiger partial charge on any atom is -0.493 e. The van der Waals surface area contributed by atoms with E-state index >= 15 is 0 Å². The number of benzene rings is 1. The number of para-hydroxylation sites is 1. The van der Waals surface area contributed by atoms with Crippen LogP contribution in [0.1, 0.15) is 24.8 Å². The third-order valence-corrected chi connectivity index (χ3v) is 6.15. The lowest BCUT2D eigenvalue weighted by Crippen LogP contribution is -2.45. The highest BCUT2D eigenvalue weighted by molar-refractivity contribution is 7.99. The average molecular weight is 334 g/mol. The molecule has 1 aromatic rings. The van der Waals surface area contributed by atoms with Crippen molar-refractivity contribution in [3.05, 3.63) is 29.8 Å². The fraction of sp³-hybridized carbons (Fsp3) is 0.611. The van der Waals surface area contributed by atoms with Crippen molar-refractivity contribution in [2.24, 2.45) is 5.92 Å². The summed E-state index contributed by atoms with van der Waals surface area (Å²) < 4.78 is 5.79. The Labute approximate surface area is 143 Å². The van der Waals surface area contributed by atoms with E-state index in [9.17, 15) is 4.79 Å². The van der Waals surface area contributed by atoms with Crippen LogP contribution < -0.4 is 10.1 Å². The lowest BCUT2D eigenvalue weighted by atomic mass is 9.97. The molecule has 1 aliphatic heterocycles. The summed E-state index contributed by atoms with van der Waals surface area (Å²) in [6.45, 7) is 1.36. The highest BCUT2D eigenvalue weighted by atomic mass is 32.2. The molecule has 23 heavy (non-hydrogen) atoms. The van der Waals surface area contributed by atoms with Crippen LogP contribution in [0.15, 0.2) is 24.3 Å². The van der Waals surface area contributed by atoms with Crippen LogP contribution in [0.5, 0.6) is 5.75 Å². The van der Waals surface area contributed by atoms with E-state index in [2.05, 4.69) is 17.6 Å². The van der Waals surface area contributed by atoms with Crippen LogP contribution in [0.25, 0.3) is 0 Å². The lowest BCUT2D eigenvalue weighted by molar-refractivity contribution is 0.181. The molecule has 0 saturated heterocycles. The maximum atomic E-state index is 12.4. The third kappa shape index (κ3) is 3.94. The van der Waals surface area contributed by atoms with E-state index < -0.39 is 0 Å². The normalized spacial score (nSPS) is 26.3. The number of hydrogen-bond donors (Lipinski definition) is 1. The second kappa shape index (κ2) is 7.47. The molecule has 1 aliphatic carbocycles. The first-order valence-corrected chi connectivity index (χ1v) is 9.70. The number of nitrogens with zero attached hydrogens (tertiary/aromatic N) is 1. The topological polar surface area (TPSA) is 41.6 Å². The minimum absolute atomic E-state index is 0.0515. The van der Waals surface area contributed by atoms with Gasteiger partial charge in [-0.25, -0.2) is 4.79 Å². The van der Waals surface area contributed by atoms with Crippen LogP contribution in [0.4, 0.5) is 4.79 Å². The van der Waals surface area contributed by atoms with Crippen molar-refractivity contribution in [1.82, 2.24) is 10.2 Å². The number of ether oxygens (including phenoxy) is 1. The van der Waals surface area contributed by atoms with Crippen molar-refractivity contribution in [1.29, 1.82) is 0 Å². The first kappa shape index (κ1) is 16.5. The van der Waals surface area contributed by atoms with E-state index in [1.807, 2.05) is 41.9 Å². The molecule has 0 aromatic heterocycles. The Morgan fingerprint density at radius 3 is 3.00 bits per heavy atom. The zero-order valence-corrected chi connectivity index (χ0v) is 14.8. The molecule has 1 heterocycles. The Hall–Kier alpha value is -1.36. The molecule has 0 spiro atoms. The van der Waals surface area contributed by atoms with E-state index in [4.69, 9.17) is 4.74 Å². The molecular formula is C18H26N2O2S. The van der Waals surface area contributed by atoms with E-state index in [1.165, 1.54) is 12.0 Å². The van der Waals surface area contributed by atoms with Gasteiger partial charge in [-0.1, -0.05) is 18.2 Å². The van der Waals surface area contributed by atoms with Gasteiger partial charge in [0, 0.05) is 30.8 Å². The highest BCUT2D eigenvalue weighted by Crippen LogP contribution is 2.31. The van der Waals surface area contributed by atoms with Crippen LogP contribution in [0, 0.1) is 5.92 Å². The maximum absolute atomic E-state index is 12.4. The number of amides is 2. The van der Waals surface area contributed by atoms with E-state index in [0.717, 1.165) is 25.0 Å². The monoisotopic (exact) mass is 334 g/mol. The van der Waals surface area contributed by atoms with Crippen molar-refractivity contribution >= 4 is 17.8 Å². The third-order valence-electron chi connectivity index (χ3n) is 5.06. The molecule has 0 radical (unpaired) electrons. The molecule has 126 valence electrons. The van der Waals surface area contributed by atoms with Crippen LogP contribution in [0.3, 0.4) is 0 Å². The summed E-state index contributed by atoms with van der Waals surface area (Å²) in [4.78, 5) is 14.3. The first-order chi connectivity index (χ1) is 11.2. The van der Waals surface area contributed by atoms with Gasteiger partial charge in [0.2, 0.25) is 0 Å². The smallest absolute Gasteiger partial charge is 0.317 e. The summed E-state index contributed by atoms with van der Waals surface area (Å²) in [7, 11) is 1.93. The maximum Gasteiger partial charge on any atom is 0.317 e. The highest BCUT2D eigenvalue weighted by Gasteiger charge is 2.29. The fourth-order valence-electron chi connectivity index (χ4n) is 3.53. The number of urea groups is 1. The molecule has 5 heteroatoms. The second-order valence-corrected chi connectivity index (χ2v) is 7.75. The number of rotatable bonds is 4. The van der Waals surface area contributed by atoms with Gasteiger partial charge in [-0.15, -0.1) is 0 Å². The van der Waals surface area contributed by atoms with Crippen LogP contribution in [-0.2, 0) is 6.42 Å². The molecule has 1 saturated carbocycles. The second-order valence-electron chi connectivity index (χ2n) is 6.61. The number of hydrogen-bond acceptors (Lipinski definition) is 3. The number of thioether (sulfide) groups is 1. The van der Waals surface area contributed by atoms with E-state index in [1.54, 1.807) is 0 Å². The van der Waals surface area contributed by atoms with Gasteiger partial charge < -0.3 is 15.0 Å². The molecule has 2 amide bonds. The summed E-state index contributed by atoms with van der Waals surface area (Å²) in [6, 6.07) is 8.60. The number of nitrogens with one attached hydrogen (secondary N) is 1. The van der Waals surface area contributed by atoms with Crippen molar-refractivity contribution in [2.75, 3.05) is 26.5 Å². The summed E-state index contributed by atoms with van der Waals surface area (Å²) in [5.74, 6) is 1.34. The molecule has 1 fully saturated rings. The van der Waals surface area contributed by atoms with Gasteiger partial charge in [-0.05, 0) is 43.6 Å². The van der Waals surface area contributed by atoms with E-state index in [-0.39, 0.29) is 6.03 Å². The summed E-state index contributed by atoms with van der Waals surface area (Å²) in [6.07, 6.45) is 6.59. The number of carbonyl (C=O) groups excluding carboxylic acids is 1. The van der Waals surface area contributed by atoms with Gasteiger partial charge in [-0.3, -0.25) is 0 Å². The molecule has 1 aromatic carbocycles. The van der Waals surface area contributed by atoms with Gasteiger partial charge in [0.25, 0.3) is 0 Å². The van der Waals surface area contributed by atoms with Gasteiger partial charge in [-0.2, -0.15) is 11.8 Å². The Morgan fingerprint density at radius 1 is 1.39 bits per heavy atom. The quantitative estimate of drug-likeness (QED) is 0.919. The van der Waals surface area contributed by atoms with Crippen molar-refractivity contribution in [3.63, 3.8) is 0 Å². The summed E-state index contributed by atoms with van der Waals surface area (Å²) >= 11 is 1.92. The Morgan fingerprint density at radius 2 is 2.22 bits per heavy atom.